The van der Waals surface area contributed by atoms with E-state index in [-0.39, 0.29) is 6.04 Å². The Morgan fingerprint density at radius 1 is 1.33 bits per heavy atom. The molecule has 0 bridgehead atoms. The van der Waals surface area contributed by atoms with Gasteiger partial charge in [-0.1, -0.05) is 18.2 Å². The Kier molecular flexibility index (Phi) is 3.77. The van der Waals surface area contributed by atoms with Crippen molar-refractivity contribution in [3.05, 3.63) is 50.6 Å². The highest BCUT2D eigenvalue weighted by Crippen LogP contribution is 2.44. The number of hydrazine groups is 1. The number of fused-ring (bicyclic) bond motifs is 1. The van der Waals surface area contributed by atoms with E-state index in [1.807, 2.05) is 11.8 Å². The highest BCUT2D eigenvalue weighted by molar-refractivity contribution is 9.10. The Balaban J connectivity index is 1.86. The van der Waals surface area contributed by atoms with E-state index in [0.717, 1.165) is 10.9 Å². The number of benzene rings is 1. The van der Waals surface area contributed by atoms with Gasteiger partial charge in [-0.15, -0.1) is 23.1 Å². The zero-order valence-corrected chi connectivity index (χ0v) is 12.8. The molecule has 0 radical (unpaired) electrons. The molecule has 2 aromatic rings. The molecule has 0 aliphatic carbocycles. The summed E-state index contributed by atoms with van der Waals surface area (Å²) in [6, 6.07) is 10.9. The summed E-state index contributed by atoms with van der Waals surface area (Å²) >= 11 is 7.26. The molecule has 0 saturated heterocycles. The second-order valence-electron chi connectivity index (χ2n) is 4.25. The van der Waals surface area contributed by atoms with Crippen LogP contribution in [0.2, 0.25) is 0 Å². The highest BCUT2D eigenvalue weighted by atomic mass is 79.9. The standard InChI is InChI=1S/C13H13BrN2S2/c14-9-5-6-17-13(9)12(16-15)11-7-8-3-1-2-4-10(8)18-11/h1-6,11-12,16H,7,15H2. The molecule has 18 heavy (non-hydrogen) atoms. The molecule has 1 aliphatic rings. The predicted molar refractivity (Wildman–Crippen MR) is 81.9 cm³/mol. The monoisotopic (exact) mass is 340 g/mol. The van der Waals surface area contributed by atoms with E-state index in [2.05, 4.69) is 57.1 Å². The van der Waals surface area contributed by atoms with Crippen LogP contribution in [0.1, 0.15) is 16.5 Å². The first-order valence-corrected chi connectivity index (χ1v) is 8.28. The number of thioether (sulfide) groups is 1. The van der Waals surface area contributed by atoms with Crippen molar-refractivity contribution >= 4 is 39.0 Å². The summed E-state index contributed by atoms with van der Waals surface area (Å²) < 4.78 is 1.15. The van der Waals surface area contributed by atoms with Gasteiger partial charge in [0.05, 0.1) is 6.04 Å². The van der Waals surface area contributed by atoms with Crippen molar-refractivity contribution in [3.8, 4) is 0 Å². The van der Waals surface area contributed by atoms with E-state index in [0.29, 0.717) is 5.25 Å². The van der Waals surface area contributed by atoms with Crippen LogP contribution < -0.4 is 11.3 Å². The van der Waals surface area contributed by atoms with Gasteiger partial charge in [0.2, 0.25) is 0 Å². The zero-order valence-electron chi connectivity index (χ0n) is 9.60. The molecule has 0 saturated carbocycles. The summed E-state index contributed by atoms with van der Waals surface area (Å²) in [5.41, 5.74) is 4.41. The van der Waals surface area contributed by atoms with Crippen LogP contribution in [0.4, 0.5) is 0 Å². The van der Waals surface area contributed by atoms with E-state index in [4.69, 9.17) is 5.84 Å². The molecule has 1 aliphatic heterocycles. The Morgan fingerprint density at radius 2 is 2.17 bits per heavy atom. The van der Waals surface area contributed by atoms with Crippen molar-refractivity contribution in [2.45, 2.75) is 22.6 Å². The smallest absolute Gasteiger partial charge is 0.0689 e. The molecule has 2 heterocycles. The summed E-state index contributed by atoms with van der Waals surface area (Å²) in [6.45, 7) is 0. The van der Waals surface area contributed by atoms with E-state index in [1.54, 1.807) is 11.3 Å². The molecule has 0 spiro atoms. The Bertz CT molecular complexity index is 530. The van der Waals surface area contributed by atoms with Crippen molar-refractivity contribution < 1.29 is 0 Å². The van der Waals surface area contributed by atoms with E-state index < -0.39 is 0 Å². The quantitative estimate of drug-likeness (QED) is 0.660. The number of hydrogen-bond donors (Lipinski definition) is 2. The van der Waals surface area contributed by atoms with Gasteiger partial charge >= 0.3 is 0 Å². The van der Waals surface area contributed by atoms with Crippen LogP contribution in [0.5, 0.6) is 0 Å². The van der Waals surface area contributed by atoms with Gasteiger partial charge in [0.1, 0.15) is 0 Å². The maximum Gasteiger partial charge on any atom is 0.0689 e. The average Bonchev–Trinajstić information content (AvgIpc) is 2.97. The van der Waals surface area contributed by atoms with Gasteiger partial charge < -0.3 is 0 Å². The first kappa shape index (κ1) is 12.7. The number of halogens is 1. The molecular weight excluding hydrogens is 328 g/mol. The molecule has 1 aromatic heterocycles. The largest absolute Gasteiger partial charge is 0.271 e. The zero-order chi connectivity index (χ0) is 12.5. The molecule has 2 nitrogen and oxygen atoms in total. The molecule has 0 fully saturated rings. The van der Waals surface area contributed by atoms with Crippen molar-refractivity contribution in [1.29, 1.82) is 0 Å². The topological polar surface area (TPSA) is 38.0 Å². The molecule has 2 atom stereocenters. The summed E-state index contributed by atoms with van der Waals surface area (Å²) in [5.74, 6) is 5.77. The second kappa shape index (κ2) is 5.35. The van der Waals surface area contributed by atoms with Gasteiger partial charge in [-0.2, -0.15) is 0 Å². The third-order valence-electron chi connectivity index (χ3n) is 3.15. The first-order chi connectivity index (χ1) is 8.79. The molecule has 3 rings (SSSR count). The van der Waals surface area contributed by atoms with Crippen molar-refractivity contribution in [1.82, 2.24) is 5.43 Å². The summed E-state index contributed by atoms with van der Waals surface area (Å²) in [5, 5.41) is 2.55. The van der Waals surface area contributed by atoms with Crippen LogP contribution >= 0.6 is 39.0 Å². The lowest BCUT2D eigenvalue weighted by Gasteiger charge is -2.21. The fourth-order valence-electron chi connectivity index (χ4n) is 2.27. The number of rotatable bonds is 3. The molecule has 3 N–H and O–H groups in total. The molecular formula is C13H13BrN2S2. The third kappa shape index (κ3) is 2.26. The number of nitrogens with two attached hydrogens (primary N) is 1. The lowest BCUT2D eigenvalue weighted by molar-refractivity contribution is 0.539. The molecule has 2 unspecified atom stereocenters. The maximum atomic E-state index is 5.77. The molecule has 94 valence electrons. The van der Waals surface area contributed by atoms with Crippen LogP contribution in [-0.4, -0.2) is 5.25 Å². The average molecular weight is 341 g/mol. The number of hydrogen-bond acceptors (Lipinski definition) is 4. The highest BCUT2D eigenvalue weighted by Gasteiger charge is 2.31. The Labute approximate surface area is 123 Å². The van der Waals surface area contributed by atoms with E-state index >= 15 is 0 Å². The fraction of sp³-hybridized carbons (Fsp3) is 0.231. The Hall–Kier alpha value is -0.330. The minimum absolute atomic E-state index is 0.191. The minimum Gasteiger partial charge on any atom is -0.271 e. The van der Waals surface area contributed by atoms with Crippen LogP contribution in [0, 0.1) is 0 Å². The van der Waals surface area contributed by atoms with Crippen LogP contribution in [-0.2, 0) is 6.42 Å². The van der Waals surface area contributed by atoms with Gasteiger partial charge in [0, 0.05) is 19.5 Å². The second-order valence-corrected chi connectivity index (χ2v) is 7.33. The molecule has 5 heteroatoms. The Morgan fingerprint density at radius 3 is 2.83 bits per heavy atom. The normalized spacial score (nSPS) is 19.8. The van der Waals surface area contributed by atoms with Crippen LogP contribution in [0.3, 0.4) is 0 Å². The van der Waals surface area contributed by atoms with Crippen LogP contribution in [0.15, 0.2) is 45.1 Å². The van der Waals surface area contributed by atoms with Gasteiger partial charge in [0.25, 0.3) is 0 Å². The van der Waals surface area contributed by atoms with Crippen molar-refractivity contribution in [3.63, 3.8) is 0 Å². The first-order valence-electron chi connectivity index (χ1n) is 5.73. The SMILES string of the molecule is NNC(c1sccc1Br)C1Cc2ccccc2S1. The third-order valence-corrected chi connectivity index (χ3v) is 6.50. The fourth-order valence-corrected chi connectivity index (χ4v) is 5.50. The lowest BCUT2D eigenvalue weighted by atomic mass is 10.0. The number of nitrogens with one attached hydrogen (secondary N) is 1. The van der Waals surface area contributed by atoms with Gasteiger partial charge in [-0.25, -0.2) is 0 Å². The summed E-state index contributed by atoms with van der Waals surface area (Å²) in [7, 11) is 0. The molecule has 0 amide bonds. The van der Waals surface area contributed by atoms with Crippen molar-refractivity contribution in [2.75, 3.05) is 0 Å². The van der Waals surface area contributed by atoms with E-state index in [9.17, 15) is 0 Å². The summed E-state index contributed by atoms with van der Waals surface area (Å²) in [6.07, 6.45) is 1.07. The predicted octanol–water partition coefficient (Wildman–Crippen LogP) is 3.73. The molecule has 1 aromatic carbocycles. The van der Waals surface area contributed by atoms with Gasteiger partial charge in [-0.05, 0) is 45.4 Å². The van der Waals surface area contributed by atoms with Gasteiger partial charge in [-0.3, -0.25) is 11.3 Å². The maximum absolute atomic E-state index is 5.77. The summed E-state index contributed by atoms with van der Waals surface area (Å²) in [4.78, 5) is 2.67. The minimum atomic E-state index is 0.191. The lowest BCUT2D eigenvalue weighted by Crippen LogP contribution is -2.34. The number of thiophene rings is 1. The van der Waals surface area contributed by atoms with E-state index in [1.165, 1.54) is 15.3 Å². The van der Waals surface area contributed by atoms with Crippen LogP contribution in [0.25, 0.3) is 0 Å². The van der Waals surface area contributed by atoms with Crippen molar-refractivity contribution in [2.24, 2.45) is 5.84 Å². The van der Waals surface area contributed by atoms with Gasteiger partial charge in [0.15, 0.2) is 0 Å².